The summed E-state index contributed by atoms with van der Waals surface area (Å²) in [6.45, 7) is 0.730. The highest BCUT2D eigenvalue weighted by molar-refractivity contribution is 7.99. The van der Waals surface area contributed by atoms with Crippen molar-refractivity contribution in [1.82, 2.24) is 10.3 Å². The molecular weight excluding hydrogens is 236 g/mol. The molecule has 5 nitrogen and oxygen atoms in total. The van der Waals surface area contributed by atoms with E-state index in [0.717, 1.165) is 12.3 Å². The standard InChI is InChI=1S/C11H16N4OS/c12-15-10-3-1-2-9(14-10)11(16)13-6-8-4-5-17-7-8/h1-3,8H,4-7,12H2,(H,13,16)(H,14,15). The van der Waals surface area contributed by atoms with E-state index in [1.54, 1.807) is 18.2 Å². The largest absolute Gasteiger partial charge is 0.350 e. The van der Waals surface area contributed by atoms with Gasteiger partial charge in [0.2, 0.25) is 0 Å². The first-order chi connectivity index (χ1) is 8.29. The number of nitrogens with two attached hydrogens (primary N) is 1. The molecule has 0 radical (unpaired) electrons. The Kier molecular flexibility index (Phi) is 4.22. The molecule has 1 aromatic rings. The summed E-state index contributed by atoms with van der Waals surface area (Å²) in [6, 6.07) is 5.15. The van der Waals surface area contributed by atoms with Crippen molar-refractivity contribution in [3.05, 3.63) is 23.9 Å². The summed E-state index contributed by atoms with van der Waals surface area (Å²) in [6.07, 6.45) is 1.18. The molecule has 0 aromatic carbocycles. The molecule has 0 aliphatic carbocycles. The van der Waals surface area contributed by atoms with Crippen LogP contribution in [0.3, 0.4) is 0 Å². The van der Waals surface area contributed by atoms with Gasteiger partial charge in [0.1, 0.15) is 11.5 Å². The fraction of sp³-hybridized carbons (Fsp3) is 0.455. The number of carbonyl (C=O) groups is 1. The fourth-order valence-electron chi connectivity index (χ4n) is 1.71. The zero-order valence-corrected chi connectivity index (χ0v) is 10.3. The first-order valence-corrected chi connectivity index (χ1v) is 6.74. The molecule has 1 aliphatic heterocycles. The van der Waals surface area contributed by atoms with E-state index in [9.17, 15) is 4.79 Å². The number of aromatic nitrogens is 1. The van der Waals surface area contributed by atoms with Crippen LogP contribution in [0.2, 0.25) is 0 Å². The van der Waals surface area contributed by atoms with Crippen LogP contribution in [0, 0.1) is 5.92 Å². The molecule has 1 atom stereocenters. The van der Waals surface area contributed by atoms with E-state index in [-0.39, 0.29) is 5.91 Å². The lowest BCUT2D eigenvalue weighted by Crippen LogP contribution is -2.30. The van der Waals surface area contributed by atoms with E-state index in [4.69, 9.17) is 5.84 Å². The third-order valence-corrected chi connectivity index (χ3v) is 3.94. The van der Waals surface area contributed by atoms with Gasteiger partial charge in [0.25, 0.3) is 5.91 Å². The Bertz CT molecular complexity index is 393. The maximum atomic E-state index is 11.8. The van der Waals surface area contributed by atoms with Crippen molar-refractivity contribution >= 4 is 23.5 Å². The minimum absolute atomic E-state index is 0.140. The Hall–Kier alpha value is -1.27. The second-order valence-corrected chi connectivity index (χ2v) is 5.14. The van der Waals surface area contributed by atoms with Gasteiger partial charge in [-0.3, -0.25) is 4.79 Å². The van der Waals surface area contributed by atoms with Crippen LogP contribution in [0.25, 0.3) is 0 Å². The van der Waals surface area contributed by atoms with Crippen LogP contribution in [0.4, 0.5) is 5.82 Å². The Labute approximate surface area is 105 Å². The van der Waals surface area contributed by atoms with Gasteiger partial charge < -0.3 is 10.7 Å². The normalized spacial score (nSPS) is 19.0. The molecule has 0 spiro atoms. The molecule has 92 valence electrons. The number of nitrogen functional groups attached to an aromatic ring is 1. The van der Waals surface area contributed by atoms with Crippen LogP contribution in [0.1, 0.15) is 16.9 Å². The Balaban J connectivity index is 1.89. The molecule has 1 aliphatic rings. The van der Waals surface area contributed by atoms with Crippen LogP contribution in [0.15, 0.2) is 18.2 Å². The molecule has 0 saturated carbocycles. The molecule has 1 fully saturated rings. The lowest BCUT2D eigenvalue weighted by molar-refractivity contribution is 0.0943. The summed E-state index contributed by atoms with van der Waals surface area (Å²) >= 11 is 1.94. The molecule has 1 saturated heterocycles. The molecule has 1 unspecified atom stereocenters. The van der Waals surface area contributed by atoms with Crippen molar-refractivity contribution in [2.75, 3.05) is 23.5 Å². The smallest absolute Gasteiger partial charge is 0.269 e. The van der Waals surface area contributed by atoms with E-state index in [0.29, 0.717) is 17.4 Å². The van der Waals surface area contributed by atoms with E-state index in [1.807, 2.05) is 11.8 Å². The number of pyridine rings is 1. The molecule has 17 heavy (non-hydrogen) atoms. The number of anilines is 1. The van der Waals surface area contributed by atoms with Gasteiger partial charge in [-0.1, -0.05) is 6.07 Å². The topological polar surface area (TPSA) is 80.0 Å². The lowest BCUT2D eigenvalue weighted by Gasteiger charge is -2.10. The van der Waals surface area contributed by atoms with Crippen LogP contribution < -0.4 is 16.6 Å². The van der Waals surface area contributed by atoms with Crippen LogP contribution in [-0.2, 0) is 0 Å². The second kappa shape index (κ2) is 5.88. The number of nitrogens with zero attached hydrogens (tertiary/aromatic N) is 1. The third kappa shape index (κ3) is 3.34. The predicted octanol–water partition coefficient (Wildman–Crippen LogP) is 0.850. The number of nitrogens with one attached hydrogen (secondary N) is 2. The first kappa shape index (κ1) is 12.2. The van der Waals surface area contributed by atoms with Gasteiger partial charge in [-0.2, -0.15) is 11.8 Å². The van der Waals surface area contributed by atoms with Gasteiger partial charge in [0.05, 0.1) is 0 Å². The van der Waals surface area contributed by atoms with Gasteiger partial charge in [-0.15, -0.1) is 0 Å². The van der Waals surface area contributed by atoms with E-state index in [2.05, 4.69) is 15.7 Å². The van der Waals surface area contributed by atoms with Crippen molar-refractivity contribution in [3.8, 4) is 0 Å². The molecule has 1 aromatic heterocycles. The number of thioether (sulfide) groups is 1. The molecule has 6 heteroatoms. The number of hydrogen-bond acceptors (Lipinski definition) is 5. The first-order valence-electron chi connectivity index (χ1n) is 5.59. The van der Waals surface area contributed by atoms with Gasteiger partial charge in [0.15, 0.2) is 0 Å². The van der Waals surface area contributed by atoms with Crippen molar-refractivity contribution in [2.24, 2.45) is 11.8 Å². The van der Waals surface area contributed by atoms with Crippen LogP contribution in [-0.4, -0.2) is 28.9 Å². The molecule has 2 rings (SSSR count). The number of carbonyl (C=O) groups excluding carboxylic acids is 1. The van der Waals surface area contributed by atoms with E-state index in [1.165, 1.54) is 12.2 Å². The quantitative estimate of drug-likeness (QED) is 0.547. The molecule has 0 bridgehead atoms. The highest BCUT2D eigenvalue weighted by atomic mass is 32.2. The van der Waals surface area contributed by atoms with Crippen molar-refractivity contribution in [3.63, 3.8) is 0 Å². The Morgan fingerprint density at radius 2 is 2.47 bits per heavy atom. The number of rotatable bonds is 4. The van der Waals surface area contributed by atoms with Gasteiger partial charge in [-0.05, 0) is 36.0 Å². The minimum Gasteiger partial charge on any atom is -0.350 e. The summed E-state index contributed by atoms with van der Waals surface area (Å²) in [7, 11) is 0. The summed E-state index contributed by atoms with van der Waals surface area (Å²) < 4.78 is 0. The minimum atomic E-state index is -0.140. The van der Waals surface area contributed by atoms with Crippen LogP contribution >= 0.6 is 11.8 Å². The number of hydrazine groups is 1. The van der Waals surface area contributed by atoms with E-state index < -0.39 is 0 Å². The van der Waals surface area contributed by atoms with E-state index >= 15 is 0 Å². The van der Waals surface area contributed by atoms with Gasteiger partial charge >= 0.3 is 0 Å². The van der Waals surface area contributed by atoms with Crippen molar-refractivity contribution < 1.29 is 4.79 Å². The van der Waals surface area contributed by atoms with Gasteiger partial charge in [-0.25, -0.2) is 10.8 Å². The third-order valence-electron chi connectivity index (χ3n) is 2.70. The second-order valence-electron chi connectivity index (χ2n) is 3.99. The molecule has 2 heterocycles. The van der Waals surface area contributed by atoms with Crippen molar-refractivity contribution in [2.45, 2.75) is 6.42 Å². The molecular formula is C11H16N4OS. The maximum Gasteiger partial charge on any atom is 0.269 e. The average molecular weight is 252 g/mol. The monoisotopic (exact) mass is 252 g/mol. The highest BCUT2D eigenvalue weighted by Gasteiger charge is 2.17. The summed E-state index contributed by atoms with van der Waals surface area (Å²) in [5.41, 5.74) is 2.82. The summed E-state index contributed by atoms with van der Waals surface area (Å²) in [5, 5.41) is 2.91. The van der Waals surface area contributed by atoms with Crippen LogP contribution in [0.5, 0.6) is 0 Å². The number of amides is 1. The predicted molar refractivity (Wildman–Crippen MR) is 69.8 cm³/mol. The summed E-state index contributed by atoms with van der Waals surface area (Å²) in [4.78, 5) is 15.9. The Morgan fingerprint density at radius 1 is 1.59 bits per heavy atom. The Morgan fingerprint density at radius 3 is 3.18 bits per heavy atom. The fourth-order valence-corrected chi connectivity index (χ4v) is 3.00. The molecule has 1 amide bonds. The molecule has 4 N–H and O–H groups in total. The zero-order chi connectivity index (χ0) is 12.1. The lowest BCUT2D eigenvalue weighted by atomic mass is 10.1. The zero-order valence-electron chi connectivity index (χ0n) is 9.48. The van der Waals surface area contributed by atoms with Crippen molar-refractivity contribution in [1.29, 1.82) is 0 Å². The summed E-state index contributed by atoms with van der Waals surface area (Å²) in [5.74, 6) is 8.53. The number of hydrogen-bond donors (Lipinski definition) is 3. The highest BCUT2D eigenvalue weighted by Crippen LogP contribution is 2.22. The SMILES string of the molecule is NNc1cccc(C(=O)NCC2CCSC2)n1. The van der Waals surface area contributed by atoms with Gasteiger partial charge in [0, 0.05) is 6.54 Å². The average Bonchev–Trinajstić information content (AvgIpc) is 2.89. The maximum absolute atomic E-state index is 11.8.